The first-order valence-corrected chi connectivity index (χ1v) is 10.2. The Bertz CT molecular complexity index is 658. The lowest BCUT2D eigenvalue weighted by Gasteiger charge is -2.35. The third-order valence-corrected chi connectivity index (χ3v) is 5.99. The van der Waals surface area contributed by atoms with E-state index in [-0.39, 0.29) is 11.8 Å². The van der Waals surface area contributed by atoms with Crippen LogP contribution >= 0.6 is 0 Å². The highest BCUT2D eigenvalue weighted by molar-refractivity contribution is 5.79. The minimum atomic E-state index is 0.108. The number of nitrogens with zero attached hydrogens (tertiary/aromatic N) is 4. The van der Waals surface area contributed by atoms with E-state index < -0.39 is 0 Å². The fourth-order valence-electron chi connectivity index (χ4n) is 4.19. The molecule has 2 aliphatic rings. The van der Waals surface area contributed by atoms with Gasteiger partial charge in [0.1, 0.15) is 0 Å². The highest BCUT2D eigenvalue weighted by atomic mass is 16.2. The van der Waals surface area contributed by atoms with Gasteiger partial charge in [0.15, 0.2) is 0 Å². The number of hydrogen-bond donors (Lipinski definition) is 1. The van der Waals surface area contributed by atoms with E-state index in [9.17, 15) is 9.59 Å². The van der Waals surface area contributed by atoms with Crippen LogP contribution in [-0.2, 0) is 9.59 Å². The minimum absolute atomic E-state index is 0.108. The van der Waals surface area contributed by atoms with Crippen molar-refractivity contribution < 1.29 is 9.59 Å². The zero-order valence-corrected chi connectivity index (χ0v) is 17.1. The number of nitrogens with two attached hydrogens (primary N) is 1. The predicted molar refractivity (Wildman–Crippen MR) is 110 cm³/mol. The van der Waals surface area contributed by atoms with Crippen molar-refractivity contribution in [2.75, 3.05) is 73.0 Å². The number of rotatable bonds is 6. The Labute approximate surface area is 168 Å². The van der Waals surface area contributed by atoms with Crippen LogP contribution in [0.3, 0.4) is 0 Å². The molecular formula is C21H33N5O2. The Morgan fingerprint density at radius 3 is 2.29 bits per heavy atom. The molecule has 1 aromatic rings. The van der Waals surface area contributed by atoms with Gasteiger partial charge in [-0.3, -0.25) is 19.4 Å². The minimum Gasteiger partial charge on any atom is -0.348 e. The van der Waals surface area contributed by atoms with Gasteiger partial charge in [-0.2, -0.15) is 0 Å². The van der Waals surface area contributed by atoms with E-state index in [2.05, 4.69) is 34.1 Å². The molecule has 0 saturated carbocycles. The lowest BCUT2D eigenvalue weighted by atomic mass is 9.89. The monoisotopic (exact) mass is 387 g/mol. The average molecular weight is 388 g/mol. The quantitative estimate of drug-likeness (QED) is 0.738. The summed E-state index contributed by atoms with van der Waals surface area (Å²) in [6.07, 6.45) is 0. The van der Waals surface area contributed by atoms with Crippen LogP contribution in [0.5, 0.6) is 0 Å². The third-order valence-electron chi connectivity index (χ3n) is 5.99. The first-order chi connectivity index (χ1) is 13.5. The van der Waals surface area contributed by atoms with Crippen molar-refractivity contribution in [2.24, 2.45) is 11.7 Å². The molecule has 2 fully saturated rings. The van der Waals surface area contributed by atoms with E-state index in [0.717, 1.165) is 26.2 Å². The number of carbonyl (C=O) groups is 2. The van der Waals surface area contributed by atoms with Gasteiger partial charge in [-0.05, 0) is 18.0 Å². The molecule has 2 amide bonds. The van der Waals surface area contributed by atoms with Crippen LogP contribution < -0.4 is 5.73 Å². The summed E-state index contributed by atoms with van der Waals surface area (Å²) in [5, 5.41) is 0. The summed E-state index contributed by atoms with van der Waals surface area (Å²) in [6, 6.07) is 10.5. The van der Waals surface area contributed by atoms with Crippen LogP contribution in [0.25, 0.3) is 0 Å². The second kappa shape index (κ2) is 9.49. The number of amides is 2. The summed E-state index contributed by atoms with van der Waals surface area (Å²) in [5.74, 6) is 1.08. The molecule has 3 rings (SSSR count). The van der Waals surface area contributed by atoms with Crippen molar-refractivity contribution in [2.45, 2.75) is 5.92 Å². The highest BCUT2D eigenvalue weighted by Crippen LogP contribution is 2.31. The van der Waals surface area contributed by atoms with Crippen LogP contribution in [0.1, 0.15) is 11.5 Å². The van der Waals surface area contributed by atoms with Gasteiger partial charge < -0.3 is 15.5 Å². The molecule has 28 heavy (non-hydrogen) atoms. The van der Waals surface area contributed by atoms with Gasteiger partial charge in [0, 0.05) is 59.3 Å². The van der Waals surface area contributed by atoms with Gasteiger partial charge in [0.25, 0.3) is 0 Å². The van der Waals surface area contributed by atoms with Crippen LogP contribution in [0.2, 0.25) is 0 Å². The Balaban J connectivity index is 1.48. The molecule has 7 heteroatoms. The van der Waals surface area contributed by atoms with Crippen molar-refractivity contribution >= 4 is 11.8 Å². The summed E-state index contributed by atoms with van der Waals surface area (Å²) < 4.78 is 0. The first-order valence-electron chi connectivity index (χ1n) is 10.2. The number of likely N-dealkylation sites (tertiary alicyclic amines) is 1. The largest absolute Gasteiger partial charge is 0.348 e. The van der Waals surface area contributed by atoms with Crippen LogP contribution in [0.15, 0.2) is 30.3 Å². The number of carbonyl (C=O) groups excluding carboxylic acids is 2. The van der Waals surface area contributed by atoms with Crippen molar-refractivity contribution in [1.82, 2.24) is 19.6 Å². The van der Waals surface area contributed by atoms with E-state index in [4.69, 9.17) is 5.73 Å². The van der Waals surface area contributed by atoms with Gasteiger partial charge in [0.2, 0.25) is 11.8 Å². The number of hydrogen-bond acceptors (Lipinski definition) is 5. The second-order valence-corrected chi connectivity index (χ2v) is 8.15. The van der Waals surface area contributed by atoms with Gasteiger partial charge in [0.05, 0.1) is 13.1 Å². The van der Waals surface area contributed by atoms with E-state index in [1.165, 1.54) is 5.56 Å². The maximum Gasteiger partial charge on any atom is 0.236 e. The summed E-state index contributed by atoms with van der Waals surface area (Å²) in [6.45, 7) is 6.17. The zero-order valence-electron chi connectivity index (χ0n) is 17.1. The first kappa shape index (κ1) is 20.8. The molecule has 2 N–H and O–H groups in total. The van der Waals surface area contributed by atoms with E-state index in [1.54, 1.807) is 19.0 Å². The maximum atomic E-state index is 12.8. The van der Waals surface area contributed by atoms with Crippen LogP contribution in [-0.4, -0.2) is 104 Å². The van der Waals surface area contributed by atoms with Crippen LogP contribution in [0.4, 0.5) is 0 Å². The summed E-state index contributed by atoms with van der Waals surface area (Å²) in [7, 11) is 3.55. The molecule has 0 spiro atoms. The number of piperazine rings is 1. The maximum absolute atomic E-state index is 12.8. The summed E-state index contributed by atoms with van der Waals surface area (Å²) >= 11 is 0. The van der Waals surface area contributed by atoms with E-state index in [1.807, 2.05) is 11.0 Å². The predicted octanol–water partition coefficient (Wildman–Crippen LogP) is -0.107. The van der Waals surface area contributed by atoms with Crippen molar-refractivity contribution in [1.29, 1.82) is 0 Å². The lowest BCUT2D eigenvalue weighted by molar-refractivity contribution is -0.135. The number of likely N-dealkylation sites (N-methyl/N-ethyl adjacent to an activating group) is 1. The second-order valence-electron chi connectivity index (χ2n) is 8.15. The van der Waals surface area contributed by atoms with Crippen molar-refractivity contribution in [3.05, 3.63) is 35.9 Å². The molecule has 7 nitrogen and oxygen atoms in total. The highest BCUT2D eigenvalue weighted by Gasteiger charge is 2.34. The summed E-state index contributed by atoms with van der Waals surface area (Å²) in [4.78, 5) is 32.6. The standard InChI is InChI=1S/C21H33N5O2/c1-23(2)20(27)15-24-8-10-26(11-9-24)21(28)16-25-13-18(12-22)19(14-25)17-6-4-3-5-7-17/h3-7,18-19H,8-16,22H2,1-2H3/t18-,19+/m1/s1. The van der Waals surface area contributed by atoms with Gasteiger partial charge in [-0.25, -0.2) is 0 Å². The average Bonchev–Trinajstić information content (AvgIpc) is 3.12. The zero-order chi connectivity index (χ0) is 20.1. The molecule has 2 heterocycles. The molecular weight excluding hydrogens is 354 g/mol. The molecule has 0 unspecified atom stereocenters. The smallest absolute Gasteiger partial charge is 0.236 e. The van der Waals surface area contributed by atoms with Gasteiger partial charge in [-0.1, -0.05) is 30.3 Å². The van der Waals surface area contributed by atoms with E-state index >= 15 is 0 Å². The van der Waals surface area contributed by atoms with Crippen molar-refractivity contribution in [3.63, 3.8) is 0 Å². The Morgan fingerprint density at radius 1 is 1.00 bits per heavy atom. The fourth-order valence-corrected chi connectivity index (χ4v) is 4.19. The molecule has 0 radical (unpaired) electrons. The molecule has 0 aliphatic carbocycles. The van der Waals surface area contributed by atoms with Crippen molar-refractivity contribution in [3.8, 4) is 0 Å². The molecule has 154 valence electrons. The van der Waals surface area contributed by atoms with Crippen LogP contribution in [0, 0.1) is 5.92 Å². The fraction of sp³-hybridized carbons (Fsp3) is 0.619. The normalized spacial score (nSPS) is 23.8. The third kappa shape index (κ3) is 5.10. The molecule has 0 bridgehead atoms. The molecule has 0 aromatic heterocycles. The SMILES string of the molecule is CN(C)C(=O)CN1CCN(C(=O)CN2C[C@@H](CN)[C@H](c3ccccc3)C2)CC1. The molecule has 2 atom stereocenters. The van der Waals surface area contributed by atoms with Gasteiger partial charge in [-0.15, -0.1) is 0 Å². The Morgan fingerprint density at radius 2 is 1.68 bits per heavy atom. The van der Waals surface area contributed by atoms with Gasteiger partial charge >= 0.3 is 0 Å². The molecule has 2 saturated heterocycles. The molecule has 1 aromatic carbocycles. The Hall–Kier alpha value is -1.96. The lowest BCUT2D eigenvalue weighted by Crippen LogP contribution is -2.52. The molecule has 2 aliphatic heterocycles. The Kier molecular flexibility index (Phi) is 7.04. The topological polar surface area (TPSA) is 73.1 Å². The van der Waals surface area contributed by atoms with E-state index in [0.29, 0.717) is 44.6 Å². The summed E-state index contributed by atoms with van der Waals surface area (Å²) in [5.41, 5.74) is 7.33. The number of benzene rings is 1.